The van der Waals surface area contributed by atoms with Crippen molar-refractivity contribution in [3.05, 3.63) is 256 Å². The van der Waals surface area contributed by atoms with Crippen molar-refractivity contribution in [2.45, 2.75) is 96.5 Å². The van der Waals surface area contributed by atoms with Crippen LogP contribution in [0.5, 0.6) is 5.75 Å². The van der Waals surface area contributed by atoms with Crippen LogP contribution in [0.1, 0.15) is 81.5 Å². The minimum atomic E-state index is 0.0157. The monoisotopic (exact) mass is 965 g/mol. The van der Waals surface area contributed by atoms with Gasteiger partial charge in [0.1, 0.15) is 11.9 Å². The van der Waals surface area contributed by atoms with E-state index >= 15 is 0 Å². The zero-order valence-corrected chi connectivity index (χ0v) is 43.5. The smallest absolute Gasteiger partial charge is 0.128 e. The molecule has 10 atom stereocenters. The Morgan fingerprint density at radius 2 is 1.18 bits per heavy atom. The molecule has 5 aliphatic heterocycles. The SMILES string of the molecule is Cc1cccc(N(c2ccccc2)c2ccc3c4c2C2C=CC(C(C)(C)C)=CC2N4C2C=C4C(=CC32)N2C3C=CC(C(C)(C)C)=CC3C3=C(N(c5ccccc5)c5ccc6c(c5)OC5C=CC=CC65)C=CC4C32)c1. The Labute approximate surface area is 437 Å². The van der Waals surface area contributed by atoms with E-state index in [-0.39, 0.29) is 70.7 Å². The first kappa shape index (κ1) is 44.0. The number of aryl methyl sites for hydroxylation is 1. The molecule has 5 aromatic carbocycles. The molecule has 0 N–H and O–H groups in total. The number of benzene rings is 5. The molecule has 366 valence electrons. The fraction of sp³-hybridized carbons (Fsp3) is 0.275. The van der Waals surface area contributed by atoms with Crippen molar-refractivity contribution in [3.8, 4) is 5.75 Å². The van der Waals surface area contributed by atoms with Gasteiger partial charge in [-0.05, 0) is 112 Å². The number of fused-ring (bicyclic) bond motifs is 15. The Morgan fingerprint density at radius 1 is 0.500 bits per heavy atom. The van der Waals surface area contributed by atoms with Crippen LogP contribution in [0.25, 0.3) is 0 Å². The summed E-state index contributed by atoms with van der Waals surface area (Å²) in [7, 11) is 0. The molecular formula is C69H64N4O. The molecule has 5 aliphatic carbocycles. The van der Waals surface area contributed by atoms with E-state index < -0.39 is 0 Å². The molecule has 5 aromatic rings. The van der Waals surface area contributed by atoms with Crippen LogP contribution in [0.4, 0.5) is 34.1 Å². The average Bonchev–Trinajstić information content (AvgIpc) is 4.20. The van der Waals surface area contributed by atoms with Gasteiger partial charge < -0.3 is 24.3 Å². The van der Waals surface area contributed by atoms with E-state index in [0.717, 1.165) is 17.1 Å². The number of anilines is 6. The summed E-state index contributed by atoms with van der Waals surface area (Å²) >= 11 is 0. The van der Waals surface area contributed by atoms with Gasteiger partial charge in [0.15, 0.2) is 0 Å². The van der Waals surface area contributed by atoms with Gasteiger partial charge in [0.05, 0.1) is 29.9 Å². The predicted molar refractivity (Wildman–Crippen MR) is 304 cm³/mol. The second-order valence-corrected chi connectivity index (χ2v) is 24.4. The van der Waals surface area contributed by atoms with Crippen molar-refractivity contribution in [3.63, 3.8) is 0 Å². The molecule has 0 bridgehead atoms. The lowest BCUT2D eigenvalue weighted by Gasteiger charge is -2.38. The van der Waals surface area contributed by atoms with Crippen molar-refractivity contribution in [1.82, 2.24) is 4.90 Å². The molecule has 0 saturated carbocycles. The lowest BCUT2D eigenvalue weighted by molar-refractivity contribution is 0.269. The molecule has 5 heterocycles. The van der Waals surface area contributed by atoms with Crippen molar-refractivity contribution in [2.75, 3.05) is 14.7 Å². The standard InChI is InChI=1S/C69H64N4O/c1-41-17-16-22-46(35-41)70(44-18-10-8-11-19-44)57-33-30-50-54-39-60-53(40-61(54)73-59-37-43(69(5,6)7)25-28-52(59)64(57)66(50)73)51-31-34-58(65-55-36-42(68(2,3)4)26-32-56(55)72(60)67(51)65)71(45-20-12-9-13-21-45)47-27-29-49-48-23-14-15-24-62(48)74-63(49)38-47/h8-40,48,51-52,54-56,59,61-62,67H,1-7H3. The lowest BCUT2D eigenvalue weighted by Crippen LogP contribution is -2.42. The summed E-state index contributed by atoms with van der Waals surface area (Å²) in [6.07, 6.45) is 34.6. The van der Waals surface area contributed by atoms with Gasteiger partial charge in [-0.2, -0.15) is 0 Å². The lowest BCUT2D eigenvalue weighted by atomic mass is 9.73. The largest absolute Gasteiger partial charge is 0.485 e. The van der Waals surface area contributed by atoms with E-state index in [1.165, 1.54) is 78.7 Å². The van der Waals surface area contributed by atoms with Crippen molar-refractivity contribution in [2.24, 2.45) is 22.7 Å². The maximum atomic E-state index is 6.70. The summed E-state index contributed by atoms with van der Waals surface area (Å²) in [5.41, 5.74) is 21.3. The third-order valence-electron chi connectivity index (χ3n) is 18.1. The van der Waals surface area contributed by atoms with Crippen LogP contribution < -0.4 is 19.4 Å². The Hall–Kier alpha value is -7.50. The Morgan fingerprint density at radius 3 is 1.95 bits per heavy atom. The summed E-state index contributed by atoms with van der Waals surface area (Å²) in [5.74, 6) is 2.07. The molecule has 0 aromatic heterocycles. The maximum absolute atomic E-state index is 6.70. The molecule has 74 heavy (non-hydrogen) atoms. The molecule has 15 rings (SSSR count). The number of hydrogen-bond donors (Lipinski definition) is 0. The highest BCUT2D eigenvalue weighted by atomic mass is 16.5. The van der Waals surface area contributed by atoms with Gasteiger partial charge in [0.2, 0.25) is 0 Å². The van der Waals surface area contributed by atoms with Crippen LogP contribution in [0, 0.1) is 29.6 Å². The van der Waals surface area contributed by atoms with Crippen LogP contribution in [0.15, 0.2) is 234 Å². The minimum absolute atomic E-state index is 0.0157. The minimum Gasteiger partial charge on any atom is -0.485 e. The first-order valence-electron chi connectivity index (χ1n) is 27.2. The van der Waals surface area contributed by atoms with E-state index in [2.05, 4.69) is 268 Å². The number of nitrogens with zero attached hydrogens (tertiary/aromatic N) is 4. The molecular weight excluding hydrogens is 901 g/mol. The third kappa shape index (κ3) is 6.34. The molecule has 10 aliphatic rings. The quantitative estimate of drug-likeness (QED) is 0.169. The van der Waals surface area contributed by atoms with Crippen LogP contribution in [0.3, 0.4) is 0 Å². The Balaban J connectivity index is 0.901. The fourth-order valence-corrected chi connectivity index (χ4v) is 14.7. The molecule has 5 nitrogen and oxygen atoms in total. The zero-order chi connectivity index (χ0) is 49.9. The van der Waals surface area contributed by atoms with Crippen LogP contribution >= 0.6 is 0 Å². The van der Waals surface area contributed by atoms with E-state index in [1.54, 1.807) is 0 Å². The molecule has 0 radical (unpaired) electrons. The number of hydrogen-bond acceptors (Lipinski definition) is 5. The maximum Gasteiger partial charge on any atom is 0.128 e. The summed E-state index contributed by atoms with van der Waals surface area (Å²) in [6, 6.07) is 43.7. The molecule has 10 unspecified atom stereocenters. The van der Waals surface area contributed by atoms with E-state index in [1.807, 2.05) is 0 Å². The van der Waals surface area contributed by atoms with Crippen molar-refractivity contribution in [1.29, 1.82) is 0 Å². The summed E-state index contributed by atoms with van der Waals surface area (Å²) < 4.78 is 6.70. The van der Waals surface area contributed by atoms with Crippen LogP contribution in [0.2, 0.25) is 0 Å². The molecule has 0 amide bonds. The second kappa shape index (κ2) is 15.8. The number of rotatable bonds is 6. The van der Waals surface area contributed by atoms with Crippen LogP contribution in [-0.4, -0.2) is 35.2 Å². The summed E-state index contributed by atoms with van der Waals surface area (Å²) in [6.45, 7) is 16.4. The van der Waals surface area contributed by atoms with Gasteiger partial charge in [0, 0.05) is 86.6 Å². The highest BCUT2D eigenvalue weighted by Crippen LogP contribution is 2.65. The van der Waals surface area contributed by atoms with Gasteiger partial charge in [0.25, 0.3) is 0 Å². The zero-order valence-electron chi connectivity index (χ0n) is 43.5. The Kier molecular flexibility index (Phi) is 9.38. The van der Waals surface area contributed by atoms with Crippen molar-refractivity contribution < 1.29 is 4.74 Å². The van der Waals surface area contributed by atoms with E-state index in [0.29, 0.717) is 0 Å². The average molecular weight is 965 g/mol. The number of para-hydroxylation sites is 2. The van der Waals surface area contributed by atoms with Crippen molar-refractivity contribution >= 4 is 34.1 Å². The fourth-order valence-electron chi connectivity index (χ4n) is 14.7. The van der Waals surface area contributed by atoms with Gasteiger partial charge in [-0.25, -0.2) is 0 Å². The van der Waals surface area contributed by atoms with E-state index in [4.69, 9.17) is 4.74 Å². The van der Waals surface area contributed by atoms with Gasteiger partial charge in [-0.3, -0.25) is 0 Å². The first-order chi connectivity index (χ1) is 35.9. The van der Waals surface area contributed by atoms with Gasteiger partial charge >= 0.3 is 0 Å². The topological polar surface area (TPSA) is 22.2 Å². The molecule has 5 heteroatoms. The summed E-state index contributed by atoms with van der Waals surface area (Å²) in [4.78, 5) is 10.8. The first-order valence-corrected chi connectivity index (χ1v) is 27.2. The molecule has 2 fully saturated rings. The highest BCUT2D eigenvalue weighted by Gasteiger charge is 2.59. The van der Waals surface area contributed by atoms with Crippen LogP contribution in [-0.2, 0) is 0 Å². The third-order valence-corrected chi connectivity index (χ3v) is 18.1. The normalized spacial score (nSPS) is 28.5. The van der Waals surface area contributed by atoms with E-state index in [9.17, 15) is 0 Å². The molecule has 2 saturated heterocycles. The highest BCUT2D eigenvalue weighted by molar-refractivity contribution is 5.90. The van der Waals surface area contributed by atoms with Gasteiger partial charge in [-0.15, -0.1) is 0 Å². The second-order valence-electron chi connectivity index (χ2n) is 24.4. The predicted octanol–water partition coefficient (Wildman–Crippen LogP) is 16.0. The summed E-state index contributed by atoms with van der Waals surface area (Å²) in [5, 5.41) is 0. The molecule has 0 spiro atoms. The number of allylic oxidation sites excluding steroid dienone is 8. The Bertz CT molecular complexity index is 3550. The number of ether oxygens (including phenoxy) is 1. The van der Waals surface area contributed by atoms with Gasteiger partial charge in [-0.1, -0.05) is 175 Å².